The molecule has 5 heteroatoms. The molecular weight excluding hydrogens is 294 g/mol. The Morgan fingerprint density at radius 3 is 3.00 bits per heavy atom. The molecule has 4 nitrogen and oxygen atoms in total. The number of rotatable bonds is 5. The lowest BCUT2D eigenvalue weighted by Crippen LogP contribution is -2.39. The van der Waals surface area contributed by atoms with E-state index in [4.69, 9.17) is 0 Å². The van der Waals surface area contributed by atoms with Gasteiger partial charge in [-0.2, -0.15) is 0 Å². The number of amides is 1. The first kappa shape index (κ1) is 15.2. The number of aryl methyl sites for hydroxylation is 1. The molecule has 0 aliphatic heterocycles. The molecule has 1 atom stereocenters. The second-order valence-electron chi connectivity index (χ2n) is 5.69. The van der Waals surface area contributed by atoms with Crippen LogP contribution in [0.25, 0.3) is 0 Å². The van der Waals surface area contributed by atoms with Gasteiger partial charge in [0, 0.05) is 36.3 Å². The van der Waals surface area contributed by atoms with Crippen LogP contribution in [0.2, 0.25) is 0 Å². The van der Waals surface area contributed by atoms with Crippen molar-refractivity contribution in [2.24, 2.45) is 5.92 Å². The lowest BCUT2D eigenvalue weighted by Gasteiger charge is -2.28. The Morgan fingerprint density at radius 2 is 2.23 bits per heavy atom. The largest absolute Gasteiger partial charge is 0.342 e. The summed E-state index contributed by atoms with van der Waals surface area (Å²) in [6, 6.07) is 4.03. The number of nitrogens with zero attached hydrogens (tertiary/aromatic N) is 3. The highest BCUT2D eigenvalue weighted by molar-refractivity contribution is 7.09. The van der Waals surface area contributed by atoms with Gasteiger partial charge in [-0.25, -0.2) is 4.98 Å². The first-order chi connectivity index (χ1) is 10.8. The van der Waals surface area contributed by atoms with E-state index in [2.05, 4.69) is 16.9 Å². The van der Waals surface area contributed by atoms with Crippen molar-refractivity contribution >= 4 is 17.2 Å². The van der Waals surface area contributed by atoms with Crippen molar-refractivity contribution in [1.29, 1.82) is 0 Å². The fraction of sp³-hybridized carbons (Fsp3) is 0.471. The molecule has 3 rings (SSSR count). The topological polar surface area (TPSA) is 46.1 Å². The lowest BCUT2D eigenvalue weighted by molar-refractivity contribution is -0.135. The Balaban J connectivity index is 1.60. The minimum atomic E-state index is 0.130. The standard InChI is InChI=1S/C17H21N3OS/c1-2-20(10-7-13-5-8-18-9-6-13)17(21)14-3-4-15-16(11-14)22-12-19-15/h5-6,8-9,12,14H,2-4,7,10-11H2,1H3. The lowest BCUT2D eigenvalue weighted by atomic mass is 9.90. The highest BCUT2D eigenvalue weighted by Gasteiger charge is 2.28. The predicted octanol–water partition coefficient (Wildman–Crippen LogP) is 2.73. The third kappa shape index (κ3) is 3.35. The molecule has 0 N–H and O–H groups in total. The molecule has 0 spiro atoms. The van der Waals surface area contributed by atoms with Crippen molar-refractivity contribution in [3.8, 4) is 0 Å². The van der Waals surface area contributed by atoms with Crippen LogP contribution in [0.4, 0.5) is 0 Å². The number of thiazole rings is 1. The maximum Gasteiger partial charge on any atom is 0.226 e. The highest BCUT2D eigenvalue weighted by atomic mass is 32.1. The summed E-state index contributed by atoms with van der Waals surface area (Å²) in [5.74, 6) is 0.431. The van der Waals surface area contributed by atoms with Crippen LogP contribution in [0.15, 0.2) is 30.0 Å². The molecule has 0 bridgehead atoms. The number of likely N-dealkylation sites (N-methyl/N-ethyl adjacent to an activating group) is 1. The molecule has 1 aliphatic carbocycles. The molecule has 0 fully saturated rings. The Morgan fingerprint density at radius 1 is 1.41 bits per heavy atom. The van der Waals surface area contributed by atoms with Crippen molar-refractivity contribution in [3.63, 3.8) is 0 Å². The van der Waals surface area contributed by atoms with Crippen molar-refractivity contribution in [2.45, 2.75) is 32.6 Å². The van der Waals surface area contributed by atoms with Gasteiger partial charge in [-0.3, -0.25) is 9.78 Å². The maximum atomic E-state index is 12.8. The quantitative estimate of drug-likeness (QED) is 0.852. The summed E-state index contributed by atoms with van der Waals surface area (Å²) >= 11 is 1.69. The van der Waals surface area contributed by atoms with Gasteiger partial charge >= 0.3 is 0 Å². The van der Waals surface area contributed by atoms with Crippen molar-refractivity contribution in [2.75, 3.05) is 13.1 Å². The van der Waals surface area contributed by atoms with Crippen LogP contribution >= 0.6 is 11.3 Å². The van der Waals surface area contributed by atoms with Gasteiger partial charge in [0.15, 0.2) is 0 Å². The first-order valence-electron chi connectivity index (χ1n) is 7.87. The molecule has 2 aromatic heterocycles. The van der Waals surface area contributed by atoms with E-state index in [-0.39, 0.29) is 5.92 Å². The number of fused-ring (bicyclic) bond motifs is 1. The van der Waals surface area contributed by atoms with Gasteiger partial charge in [0.2, 0.25) is 5.91 Å². The minimum absolute atomic E-state index is 0.130. The molecule has 1 amide bonds. The summed E-state index contributed by atoms with van der Waals surface area (Å²) in [6.07, 6.45) is 7.24. The summed E-state index contributed by atoms with van der Waals surface area (Å²) in [6.45, 7) is 3.62. The Kier molecular flexibility index (Phi) is 4.83. The number of aromatic nitrogens is 2. The third-order valence-electron chi connectivity index (χ3n) is 4.35. The fourth-order valence-electron chi connectivity index (χ4n) is 3.01. The SMILES string of the molecule is CCN(CCc1ccncc1)C(=O)C1CCc2ncsc2C1. The summed E-state index contributed by atoms with van der Waals surface area (Å²) < 4.78 is 0. The average Bonchev–Trinajstić information content (AvgIpc) is 3.03. The number of hydrogen-bond donors (Lipinski definition) is 0. The van der Waals surface area contributed by atoms with E-state index in [1.54, 1.807) is 23.7 Å². The van der Waals surface area contributed by atoms with Crippen LogP contribution in [0.3, 0.4) is 0 Å². The number of hydrogen-bond acceptors (Lipinski definition) is 4. The van der Waals surface area contributed by atoms with Gasteiger partial charge in [0.1, 0.15) is 0 Å². The van der Waals surface area contributed by atoms with Crippen LogP contribution in [0, 0.1) is 5.92 Å². The summed E-state index contributed by atoms with van der Waals surface area (Å²) in [5, 5.41) is 0. The van der Waals surface area contributed by atoms with E-state index in [0.29, 0.717) is 5.91 Å². The van der Waals surface area contributed by atoms with Crippen LogP contribution < -0.4 is 0 Å². The Hall–Kier alpha value is -1.75. The van der Waals surface area contributed by atoms with Crippen molar-refractivity contribution in [3.05, 3.63) is 46.2 Å². The molecule has 0 saturated heterocycles. The smallest absolute Gasteiger partial charge is 0.226 e. The number of pyridine rings is 1. The van der Waals surface area contributed by atoms with Crippen molar-refractivity contribution < 1.29 is 4.79 Å². The number of carbonyl (C=O) groups is 1. The Labute approximate surface area is 135 Å². The average molecular weight is 315 g/mol. The van der Waals surface area contributed by atoms with Crippen molar-refractivity contribution in [1.82, 2.24) is 14.9 Å². The normalized spacial score (nSPS) is 17.0. The molecule has 2 heterocycles. The summed E-state index contributed by atoms with van der Waals surface area (Å²) in [4.78, 5) is 24.5. The van der Waals surface area contributed by atoms with Crippen LogP contribution in [-0.4, -0.2) is 33.9 Å². The second-order valence-corrected chi connectivity index (χ2v) is 6.62. The first-order valence-corrected chi connectivity index (χ1v) is 8.74. The van der Waals surface area contributed by atoms with Gasteiger partial charge in [0.25, 0.3) is 0 Å². The van der Waals surface area contributed by atoms with Gasteiger partial charge < -0.3 is 4.90 Å². The molecule has 116 valence electrons. The molecular formula is C17H21N3OS. The zero-order chi connectivity index (χ0) is 15.4. The number of carbonyl (C=O) groups excluding carboxylic acids is 1. The van der Waals surface area contributed by atoms with E-state index < -0.39 is 0 Å². The van der Waals surface area contributed by atoms with Crippen LogP contribution in [0.1, 0.15) is 29.5 Å². The highest BCUT2D eigenvalue weighted by Crippen LogP contribution is 2.28. The third-order valence-corrected chi connectivity index (χ3v) is 5.25. The van der Waals surface area contributed by atoms with Crippen LogP contribution in [0.5, 0.6) is 0 Å². The second kappa shape index (κ2) is 7.01. The van der Waals surface area contributed by atoms with E-state index in [0.717, 1.165) is 38.8 Å². The van der Waals surface area contributed by atoms with E-state index in [1.165, 1.54) is 16.1 Å². The fourth-order valence-corrected chi connectivity index (χ4v) is 3.90. The zero-order valence-electron chi connectivity index (χ0n) is 12.9. The minimum Gasteiger partial charge on any atom is -0.342 e. The summed E-state index contributed by atoms with van der Waals surface area (Å²) in [7, 11) is 0. The van der Waals surface area contributed by atoms with Gasteiger partial charge in [-0.1, -0.05) is 0 Å². The molecule has 1 aliphatic rings. The van der Waals surface area contributed by atoms with E-state index >= 15 is 0 Å². The zero-order valence-corrected chi connectivity index (χ0v) is 13.7. The van der Waals surface area contributed by atoms with Gasteiger partial charge in [-0.15, -0.1) is 11.3 Å². The molecule has 0 radical (unpaired) electrons. The molecule has 0 saturated carbocycles. The maximum absolute atomic E-state index is 12.8. The van der Waals surface area contributed by atoms with E-state index in [1.807, 2.05) is 22.5 Å². The van der Waals surface area contributed by atoms with Crippen LogP contribution in [-0.2, 0) is 24.1 Å². The Bertz CT molecular complexity index is 626. The van der Waals surface area contributed by atoms with Gasteiger partial charge in [-0.05, 0) is 50.3 Å². The summed E-state index contributed by atoms with van der Waals surface area (Å²) in [5.41, 5.74) is 4.34. The molecule has 0 aromatic carbocycles. The molecule has 22 heavy (non-hydrogen) atoms. The molecule has 2 aromatic rings. The molecule has 1 unspecified atom stereocenters. The predicted molar refractivity (Wildman–Crippen MR) is 87.8 cm³/mol. The monoisotopic (exact) mass is 315 g/mol. The van der Waals surface area contributed by atoms with E-state index in [9.17, 15) is 4.79 Å². The van der Waals surface area contributed by atoms with Gasteiger partial charge in [0.05, 0.1) is 11.2 Å².